The van der Waals surface area contributed by atoms with E-state index in [-0.39, 0.29) is 23.9 Å². The number of halogens is 1. The second-order valence-electron chi connectivity index (χ2n) is 8.96. The lowest BCUT2D eigenvalue weighted by atomic mass is 10.2. The maximum absolute atomic E-state index is 14.8. The molecule has 1 aliphatic carbocycles. The molecule has 3 aromatic heterocycles. The zero-order valence-electron chi connectivity index (χ0n) is 19.7. The number of nitrogens with zero attached hydrogens (tertiary/aromatic N) is 3. The molecule has 0 radical (unpaired) electrons. The van der Waals surface area contributed by atoms with Crippen LogP contribution < -0.4 is 20.7 Å². The molecule has 2 fully saturated rings. The molecule has 6 rings (SSSR count). The third-order valence-electron chi connectivity index (χ3n) is 6.09. The monoisotopic (exact) mass is 518 g/mol. The van der Waals surface area contributed by atoms with Crippen molar-refractivity contribution in [2.75, 3.05) is 18.4 Å². The Morgan fingerprint density at radius 3 is 2.78 bits per heavy atom. The van der Waals surface area contributed by atoms with E-state index < -0.39 is 5.82 Å². The lowest BCUT2D eigenvalue weighted by Gasteiger charge is -2.13. The maximum atomic E-state index is 14.8. The second-order valence-corrected chi connectivity index (χ2v) is 10.0. The standard InChI is InChI=1S/C26H23FN6O3S/c27-18-11-17(32-25(34)31-16-2-3-16)4-6-21(18)36-22-7-8-28-20-12-23(37-24(20)22)19-5-1-15(13-30-19)14-33-10-9-29-26(33)35/h1,4-8,11-13,16H,2-3,9-10,14H2,(H,29,35)(H2,31,32,34). The van der Waals surface area contributed by atoms with E-state index in [9.17, 15) is 14.0 Å². The molecule has 4 amide bonds. The number of ether oxygens (including phenoxy) is 1. The summed E-state index contributed by atoms with van der Waals surface area (Å²) >= 11 is 1.45. The molecule has 0 atom stereocenters. The SMILES string of the molecule is O=C(Nc1ccc(Oc2ccnc3cc(-c4ccc(CN5CCNC5=O)cn4)sc23)c(F)c1)NC1CC1. The van der Waals surface area contributed by atoms with Crippen molar-refractivity contribution >= 4 is 39.3 Å². The Morgan fingerprint density at radius 1 is 1.16 bits per heavy atom. The summed E-state index contributed by atoms with van der Waals surface area (Å²) in [5, 5.41) is 8.23. The Balaban J connectivity index is 1.18. The second kappa shape index (κ2) is 9.66. The van der Waals surface area contributed by atoms with Crippen LogP contribution >= 0.6 is 11.3 Å². The summed E-state index contributed by atoms with van der Waals surface area (Å²) in [6.45, 7) is 1.85. The third-order valence-corrected chi connectivity index (χ3v) is 7.26. The van der Waals surface area contributed by atoms with Crippen LogP contribution in [-0.2, 0) is 6.54 Å². The highest BCUT2D eigenvalue weighted by atomic mass is 32.1. The van der Waals surface area contributed by atoms with Gasteiger partial charge in [-0.3, -0.25) is 9.97 Å². The number of amides is 4. The van der Waals surface area contributed by atoms with Crippen LogP contribution in [0, 0.1) is 5.82 Å². The maximum Gasteiger partial charge on any atom is 0.319 e. The molecular weight excluding hydrogens is 495 g/mol. The molecule has 2 aliphatic rings. The predicted octanol–water partition coefficient (Wildman–Crippen LogP) is 5.10. The number of hydrogen-bond acceptors (Lipinski definition) is 6. The zero-order valence-corrected chi connectivity index (χ0v) is 20.5. The van der Waals surface area contributed by atoms with Crippen molar-refractivity contribution in [3.05, 3.63) is 66.2 Å². The number of urea groups is 2. The Morgan fingerprint density at radius 2 is 2.05 bits per heavy atom. The van der Waals surface area contributed by atoms with Crippen LogP contribution in [0.3, 0.4) is 0 Å². The summed E-state index contributed by atoms with van der Waals surface area (Å²) in [6.07, 6.45) is 5.33. The molecular formula is C26H23FN6O3S. The number of fused-ring (bicyclic) bond motifs is 1. The number of thiophene rings is 1. The number of anilines is 1. The first kappa shape index (κ1) is 23.2. The number of aromatic nitrogens is 2. The van der Waals surface area contributed by atoms with Gasteiger partial charge in [-0.1, -0.05) is 6.07 Å². The molecule has 11 heteroatoms. The Hall–Kier alpha value is -4.25. The highest BCUT2D eigenvalue weighted by Crippen LogP contribution is 2.39. The quantitative estimate of drug-likeness (QED) is 0.316. The Labute approximate surface area is 215 Å². The molecule has 4 heterocycles. The van der Waals surface area contributed by atoms with Gasteiger partial charge in [-0.25, -0.2) is 14.0 Å². The van der Waals surface area contributed by atoms with Crippen molar-refractivity contribution in [2.45, 2.75) is 25.4 Å². The van der Waals surface area contributed by atoms with Crippen LogP contribution in [-0.4, -0.2) is 46.1 Å². The fraction of sp³-hybridized carbons (Fsp3) is 0.231. The number of nitrogens with one attached hydrogen (secondary N) is 3. The molecule has 4 aromatic rings. The Bertz CT molecular complexity index is 1490. The highest BCUT2D eigenvalue weighted by molar-refractivity contribution is 7.22. The van der Waals surface area contributed by atoms with Crippen molar-refractivity contribution in [2.24, 2.45) is 0 Å². The van der Waals surface area contributed by atoms with E-state index in [1.54, 1.807) is 29.4 Å². The molecule has 1 saturated carbocycles. The van der Waals surface area contributed by atoms with Gasteiger partial charge in [0.25, 0.3) is 0 Å². The van der Waals surface area contributed by atoms with Crippen molar-refractivity contribution < 1.29 is 18.7 Å². The van der Waals surface area contributed by atoms with E-state index in [2.05, 4.69) is 25.9 Å². The summed E-state index contributed by atoms with van der Waals surface area (Å²) in [5.41, 5.74) is 2.78. The summed E-state index contributed by atoms with van der Waals surface area (Å²) in [5.74, 6) is -0.0667. The topological polar surface area (TPSA) is 108 Å². The summed E-state index contributed by atoms with van der Waals surface area (Å²) in [6, 6.07) is 11.6. The van der Waals surface area contributed by atoms with Gasteiger partial charge in [0.15, 0.2) is 11.6 Å². The molecule has 0 unspecified atom stereocenters. The molecule has 1 aliphatic heterocycles. The molecule has 9 nitrogen and oxygen atoms in total. The van der Waals surface area contributed by atoms with Crippen LogP contribution in [0.2, 0.25) is 0 Å². The number of pyridine rings is 2. The minimum absolute atomic E-state index is 0.0454. The van der Waals surface area contributed by atoms with Gasteiger partial charge in [0.2, 0.25) is 0 Å². The first-order chi connectivity index (χ1) is 18.0. The van der Waals surface area contributed by atoms with Crippen molar-refractivity contribution in [3.63, 3.8) is 0 Å². The third kappa shape index (κ3) is 5.17. The fourth-order valence-electron chi connectivity index (χ4n) is 4.03. The van der Waals surface area contributed by atoms with Gasteiger partial charge >= 0.3 is 12.1 Å². The van der Waals surface area contributed by atoms with Gasteiger partial charge in [-0.05, 0) is 42.7 Å². The van der Waals surface area contributed by atoms with Crippen LogP contribution in [0.25, 0.3) is 20.8 Å². The fourth-order valence-corrected chi connectivity index (χ4v) is 5.07. The molecule has 188 valence electrons. The van der Waals surface area contributed by atoms with Gasteiger partial charge in [-0.2, -0.15) is 0 Å². The number of hydrogen-bond donors (Lipinski definition) is 3. The number of carbonyl (C=O) groups is 2. The predicted molar refractivity (Wildman–Crippen MR) is 138 cm³/mol. The first-order valence-corrected chi connectivity index (χ1v) is 12.7. The van der Waals surface area contributed by atoms with E-state index in [0.29, 0.717) is 36.6 Å². The van der Waals surface area contributed by atoms with Crippen molar-refractivity contribution in [1.82, 2.24) is 25.5 Å². The minimum atomic E-state index is -0.588. The molecule has 37 heavy (non-hydrogen) atoms. The van der Waals surface area contributed by atoms with Gasteiger partial charge < -0.3 is 25.6 Å². The van der Waals surface area contributed by atoms with Gasteiger partial charge in [-0.15, -0.1) is 11.3 Å². The molecule has 1 saturated heterocycles. The van der Waals surface area contributed by atoms with E-state index in [1.807, 2.05) is 18.2 Å². The van der Waals surface area contributed by atoms with Crippen LogP contribution in [0.4, 0.5) is 19.7 Å². The summed E-state index contributed by atoms with van der Waals surface area (Å²) in [7, 11) is 0. The van der Waals surface area contributed by atoms with E-state index in [4.69, 9.17) is 4.74 Å². The van der Waals surface area contributed by atoms with Gasteiger partial charge in [0.1, 0.15) is 5.75 Å². The highest BCUT2D eigenvalue weighted by Gasteiger charge is 2.23. The average Bonchev–Trinajstić information content (AvgIpc) is 3.43. The smallest absolute Gasteiger partial charge is 0.319 e. The largest absolute Gasteiger partial charge is 0.453 e. The van der Waals surface area contributed by atoms with Crippen LogP contribution in [0.1, 0.15) is 18.4 Å². The lowest BCUT2D eigenvalue weighted by Crippen LogP contribution is -2.30. The van der Waals surface area contributed by atoms with Crippen molar-refractivity contribution in [3.8, 4) is 22.1 Å². The van der Waals surface area contributed by atoms with Gasteiger partial charge in [0.05, 0.1) is 20.8 Å². The van der Waals surface area contributed by atoms with Crippen LogP contribution in [0.15, 0.2) is 54.9 Å². The Kier molecular flexibility index (Phi) is 6.05. The summed E-state index contributed by atoms with van der Waals surface area (Å²) in [4.78, 5) is 35.3. The minimum Gasteiger partial charge on any atom is -0.453 e. The average molecular weight is 519 g/mol. The molecule has 0 spiro atoms. The lowest BCUT2D eigenvalue weighted by molar-refractivity contribution is 0.215. The zero-order chi connectivity index (χ0) is 25.4. The summed E-state index contributed by atoms with van der Waals surface area (Å²) < 4.78 is 21.5. The first-order valence-electron chi connectivity index (χ1n) is 11.9. The van der Waals surface area contributed by atoms with E-state index >= 15 is 0 Å². The number of carbonyl (C=O) groups excluding carboxylic acids is 2. The van der Waals surface area contributed by atoms with Gasteiger partial charge in [0, 0.05) is 55.9 Å². The molecule has 0 bridgehead atoms. The number of rotatable bonds is 7. The van der Waals surface area contributed by atoms with E-state index in [0.717, 1.165) is 33.7 Å². The van der Waals surface area contributed by atoms with Crippen molar-refractivity contribution in [1.29, 1.82) is 0 Å². The molecule has 3 N–H and O–H groups in total. The van der Waals surface area contributed by atoms with E-state index in [1.165, 1.54) is 23.5 Å². The number of benzene rings is 1. The normalized spacial score (nSPS) is 15.1. The van der Waals surface area contributed by atoms with Crippen LogP contribution in [0.5, 0.6) is 11.5 Å². The molecule has 1 aromatic carbocycles.